The number of nitrogens with two attached hydrogens (primary N) is 1. The van der Waals surface area contributed by atoms with Gasteiger partial charge in [0.1, 0.15) is 29.3 Å². The number of nitrogen functional groups attached to an aromatic ring is 1. The Morgan fingerprint density at radius 3 is 2.49 bits per heavy atom. The second-order valence-electron chi connectivity index (χ2n) is 9.94. The minimum absolute atomic E-state index is 0.149. The van der Waals surface area contributed by atoms with Crippen LogP contribution in [0.15, 0.2) is 73.6 Å². The molecule has 1 saturated carbocycles. The second kappa shape index (κ2) is 9.69. The molecule has 3 heterocycles. The largest absolute Gasteiger partial charge is 0.457 e. The second-order valence-corrected chi connectivity index (χ2v) is 9.94. The van der Waals surface area contributed by atoms with Crippen molar-refractivity contribution in [3.05, 3.63) is 73.6 Å². The molecule has 0 bridgehead atoms. The number of carbonyl (C=O) groups excluding carboxylic acids is 1. The van der Waals surface area contributed by atoms with E-state index in [-0.39, 0.29) is 11.8 Å². The van der Waals surface area contributed by atoms with Gasteiger partial charge in [0.2, 0.25) is 5.91 Å². The monoisotopic (exact) mass is 494 g/mol. The normalized spacial score (nSPS) is 19.6. The lowest BCUT2D eigenvalue weighted by molar-refractivity contribution is -0.134. The third-order valence-corrected chi connectivity index (χ3v) is 7.48. The third kappa shape index (κ3) is 4.67. The first-order valence-electron chi connectivity index (χ1n) is 12.8. The maximum absolute atomic E-state index is 12.7. The van der Waals surface area contributed by atoms with Gasteiger partial charge in [0, 0.05) is 31.1 Å². The summed E-state index contributed by atoms with van der Waals surface area (Å²) in [5.41, 5.74) is 8.72. The fourth-order valence-electron chi connectivity index (χ4n) is 5.24. The molecule has 2 unspecified atom stereocenters. The zero-order chi connectivity index (χ0) is 25.4. The van der Waals surface area contributed by atoms with E-state index >= 15 is 0 Å². The van der Waals surface area contributed by atoms with E-state index in [1.54, 1.807) is 0 Å². The van der Waals surface area contributed by atoms with Gasteiger partial charge in [0.05, 0.1) is 5.39 Å². The fraction of sp³-hybridized carbons (Fsp3) is 0.310. The number of rotatable bonds is 7. The summed E-state index contributed by atoms with van der Waals surface area (Å²) in [5.74, 6) is 3.15. The molecule has 2 fully saturated rings. The molecule has 0 spiro atoms. The van der Waals surface area contributed by atoms with Crippen molar-refractivity contribution in [2.75, 3.05) is 18.8 Å². The Hall–Kier alpha value is -4.20. The molecule has 2 aromatic carbocycles. The summed E-state index contributed by atoms with van der Waals surface area (Å²) in [6.45, 7) is 6.13. The van der Waals surface area contributed by atoms with Gasteiger partial charge in [0.25, 0.3) is 0 Å². The summed E-state index contributed by atoms with van der Waals surface area (Å²) in [5, 5.41) is 5.70. The third-order valence-electron chi connectivity index (χ3n) is 7.48. The van der Waals surface area contributed by atoms with Crippen molar-refractivity contribution in [3.63, 3.8) is 0 Å². The van der Waals surface area contributed by atoms with Crippen molar-refractivity contribution in [1.29, 1.82) is 0 Å². The SMILES string of the molecule is C=CC1CC1C(=O)N1CCC(Cn2nc(-c3ccc(Oc4ccccc4)cc3)c3c(N)ncnc32)CC1. The number of aromatic nitrogens is 4. The van der Waals surface area contributed by atoms with Gasteiger partial charge in [-0.25, -0.2) is 14.6 Å². The van der Waals surface area contributed by atoms with E-state index < -0.39 is 0 Å². The standard InChI is InChI=1S/C29H30N6O2/c1-2-20-16-24(20)29(36)34-14-12-19(13-15-34)17-35-28-25(27(30)31-18-32-28)26(33-35)21-8-10-23(11-9-21)37-22-6-4-3-5-7-22/h2-11,18-20,24H,1,12-17H2,(H2,30,31,32). The van der Waals surface area contributed by atoms with Crippen LogP contribution in [0.1, 0.15) is 19.3 Å². The molecule has 6 rings (SSSR count). The lowest BCUT2D eigenvalue weighted by Gasteiger charge is -2.32. The van der Waals surface area contributed by atoms with Crippen LogP contribution in [0, 0.1) is 17.8 Å². The zero-order valence-corrected chi connectivity index (χ0v) is 20.7. The van der Waals surface area contributed by atoms with Crippen LogP contribution in [-0.2, 0) is 11.3 Å². The van der Waals surface area contributed by atoms with Crippen LogP contribution in [0.3, 0.4) is 0 Å². The highest BCUT2D eigenvalue weighted by Gasteiger charge is 2.43. The molecule has 188 valence electrons. The van der Waals surface area contributed by atoms with Crippen LogP contribution in [0.4, 0.5) is 5.82 Å². The molecule has 2 atom stereocenters. The summed E-state index contributed by atoms with van der Waals surface area (Å²) < 4.78 is 7.89. The van der Waals surface area contributed by atoms with E-state index in [0.717, 1.165) is 72.7 Å². The molecule has 8 nitrogen and oxygen atoms in total. The summed E-state index contributed by atoms with van der Waals surface area (Å²) in [4.78, 5) is 23.5. The Morgan fingerprint density at radius 1 is 1.05 bits per heavy atom. The molecule has 8 heteroatoms. The Balaban J connectivity index is 1.19. The number of piperidine rings is 1. The van der Waals surface area contributed by atoms with Crippen LogP contribution < -0.4 is 10.5 Å². The van der Waals surface area contributed by atoms with Crippen LogP contribution in [0.2, 0.25) is 0 Å². The lowest BCUT2D eigenvalue weighted by atomic mass is 9.96. The van der Waals surface area contributed by atoms with Gasteiger partial charge in [0.15, 0.2) is 5.65 Å². The van der Waals surface area contributed by atoms with Crippen molar-refractivity contribution in [2.45, 2.75) is 25.8 Å². The minimum atomic E-state index is 0.149. The molecule has 37 heavy (non-hydrogen) atoms. The predicted molar refractivity (Wildman–Crippen MR) is 143 cm³/mol. The van der Waals surface area contributed by atoms with Gasteiger partial charge in [-0.05, 0) is 67.5 Å². The molecule has 2 N–H and O–H groups in total. The highest BCUT2D eigenvalue weighted by molar-refractivity contribution is 5.98. The minimum Gasteiger partial charge on any atom is -0.457 e. The van der Waals surface area contributed by atoms with Crippen molar-refractivity contribution in [1.82, 2.24) is 24.6 Å². The number of allylic oxidation sites excluding steroid dienone is 1. The van der Waals surface area contributed by atoms with E-state index in [1.165, 1.54) is 6.33 Å². The quantitative estimate of drug-likeness (QED) is 0.366. The van der Waals surface area contributed by atoms with E-state index in [4.69, 9.17) is 15.6 Å². The van der Waals surface area contributed by atoms with Crippen molar-refractivity contribution in [2.24, 2.45) is 17.8 Å². The number of amides is 1. The number of ether oxygens (including phenoxy) is 1. The number of benzene rings is 2. The van der Waals surface area contributed by atoms with Crippen LogP contribution in [0.5, 0.6) is 11.5 Å². The number of fused-ring (bicyclic) bond motifs is 1. The van der Waals surface area contributed by atoms with Gasteiger partial charge in [-0.2, -0.15) is 5.10 Å². The molecule has 2 aliphatic rings. The number of para-hydroxylation sites is 1. The highest BCUT2D eigenvalue weighted by atomic mass is 16.5. The van der Waals surface area contributed by atoms with Gasteiger partial charge in [-0.15, -0.1) is 6.58 Å². The topological polar surface area (TPSA) is 99.2 Å². The molecule has 4 aromatic rings. The number of carbonyl (C=O) groups is 1. The lowest BCUT2D eigenvalue weighted by Crippen LogP contribution is -2.40. The summed E-state index contributed by atoms with van der Waals surface area (Å²) >= 11 is 0. The van der Waals surface area contributed by atoms with Crippen molar-refractivity contribution < 1.29 is 9.53 Å². The first-order chi connectivity index (χ1) is 18.1. The van der Waals surface area contributed by atoms with Gasteiger partial charge >= 0.3 is 0 Å². The van der Waals surface area contributed by atoms with Gasteiger partial charge in [-0.1, -0.05) is 24.3 Å². The van der Waals surface area contributed by atoms with E-state index in [1.807, 2.05) is 70.3 Å². The number of likely N-dealkylation sites (tertiary alicyclic amines) is 1. The summed E-state index contributed by atoms with van der Waals surface area (Å²) in [7, 11) is 0. The maximum Gasteiger partial charge on any atom is 0.226 e. The predicted octanol–water partition coefficient (Wildman–Crippen LogP) is 4.93. The maximum atomic E-state index is 12.7. The molecule has 1 aliphatic heterocycles. The average molecular weight is 495 g/mol. The van der Waals surface area contributed by atoms with Gasteiger partial charge < -0.3 is 15.4 Å². The van der Waals surface area contributed by atoms with Crippen molar-refractivity contribution in [3.8, 4) is 22.8 Å². The molecule has 1 amide bonds. The number of hydrogen-bond donors (Lipinski definition) is 1. The van der Waals surface area contributed by atoms with Crippen molar-refractivity contribution >= 4 is 22.8 Å². The van der Waals surface area contributed by atoms with E-state index in [9.17, 15) is 4.79 Å². The molecule has 1 saturated heterocycles. The van der Waals surface area contributed by atoms with Crippen LogP contribution >= 0.6 is 0 Å². The zero-order valence-electron chi connectivity index (χ0n) is 20.7. The van der Waals surface area contributed by atoms with Gasteiger partial charge in [-0.3, -0.25) is 4.79 Å². The molecular formula is C29H30N6O2. The molecule has 2 aromatic heterocycles. The fourth-order valence-corrected chi connectivity index (χ4v) is 5.24. The number of anilines is 1. The number of hydrogen-bond acceptors (Lipinski definition) is 6. The van der Waals surface area contributed by atoms with E-state index in [0.29, 0.717) is 17.7 Å². The smallest absolute Gasteiger partial charge is 0.226 e. The molecule has 1 aliphatic carbocycles. The number of nitrogens with zero attached hydrogens (tertiary/aromatic N) is 5. The molecular weight excluding hydrogens is 464 g/mol. The molecule has 0 radical (unpaired) electrons. The Morgan fingerprint density at radius 2 is 1.78 bits per heavy atom. The van der Waals surface area contributed by atoms with E-state index in [2.05, 4.69) is 16.5 Å². The van der Waals surface area contributed by atoms with Crippen LogP contribution in [0.25, 0.3) is 22.3 Å². The Labute approximate surface area is 215 Å². The average Bonchev–Trinajstić information content (AvgIpc) is 3.64. The Kier molecular flexibility index (Phi) is 6.08. The summed E-state index contributed by atoms with van der Waals surface area (Å²) in [6, 6.07) is 17.5. The van der Waals surface area contributed by atoms with Crippen LogP contribution in [-0.4, -0.2) is 43.6 Å². The first-order valence-corrected chi connectivity index (χ1v) is 12.8. The summed E-state index contributed by atoms with van der Waals surface area (Å²) in [6.07, 6.45) is 6.24. The highest BCUT2D eigenvalue weighted by Crippen LogP contribution is 2.41. The first kappa shape index (κ1) is 23.2. The Bertz CT molecular complexity index is 1420.